The number of carboxylic acid groups (broad SMARTS) is 1. The van der Waals surface area contributed by atoms with Crippen LogP contribution in [0.1, 0.15) is 26.7 Å². The van der Waals surface area contributed by atoms with Crippen LogP contribution in [0.25, 0.3) is 0 Å². The number of nitrogens with zero attached hydrogens (tertiary/aromatic N) is 1. The number of hydrogen-bond donors (Lipinski definition) is 0. The molecule has 1 spiro atoms. The fraction of sp³-hybridized carbons (Fsp3) is 0.684. The van der Waals surface area contributed by atoms with E-state index in [1.54, 1.807) is 6.08 Å². The van der Waals surface area contributed by atoms with E-state index in [0.717, 1.165) is 12.3 Å². The molecular formula is C19H22NO4-. The number of hydrogen-bond acceptors (Lipinski definition) is 4. The number of carboxylic acids is 1. The van der Waals surface area contributed by atoms with Gasteiger partial charge in [-0.1, -0.05) is 37.6 Å². The minimum Gasteiger partial charge on any atom is -0.550 e. The number of likely N-dealkylation sites (tertiary alicyclic amines) is 1. The Morgan fingerprint density at radius 2 is 2.25 bits per heavy atom. The molecule has 6 atom stereocenters. The van der Waals surface area contributed by atoms with Gasteiger partial charge in [-0.15, -0.1) is 0 Å². The second-order valence-corrected chi connectivity index (χ2v) is 8.73. The van der Waals surface area contributed by atoms with Gasteiger partial charge in [-0.2, -0.15) is 0 Å². The van der Waals surface area contributed by atoms with E-state index in [4.69, 9.17) is 4.74 Å². The monoisotopic (exact) mass is 328 g/mol. The van der Waals surface area contributed by atoms with Crippen LogP contribution in [-0.2, 0) is 14.3 Å². The molecule has 5 heteroatoms. The SMILES string of the molecule is CC1(C)[C@H]2CC=C(CN3C[C@@]45C=C[C@@H](O4)[C@@H](C(=O)[O-])[C@@H]5C3=O)[C@@H]1C2. The zero-order valence-electron chi connectivity index (χ0n) is 14.0. The Bertz CT molecular complexity index is 708. The van der Waals surface area contributed by atoms with Crippen LogP contribution in [0, 0.1) is 29.1 Å². The lowest BCUT2D eigenvalue weighted by atomic mass is 9.49. The Morgan fingerprint density at radius 1 is 1.46 bits per heavy atom. The van der Waals surface area contributed by atoms with Crippen LogP contribution in [0.4, 0.5) is 0 Å². The van der Waals surface area contributed by atoms with Crippen molar-refractivity contribution in [3.05, 3.63) is 23.8 Å². The van der Waals surface area contributed by atoms with Gasteiger partial charge in [0.2, 0.25) is 5.91 Å². The van der Waals surface area contributed by atoms with Crippen molar-refractivity contribution in [2.75, 3.05) is 13.1 Å². The third-order valence-corrected chi connectivity index (χ3v) is 7.41. The molecule has 3 fully saturated rings. The summed E-state index contributed by atoms with van der Waals surface area (Å²) in [7, 11) is 0. The molecule has 24 heavy (non-hydrogen) atoms. The summed E-state index contributed by atoms with van der Waals surface area (Å²) in [5.74, 6) is -1.42. The van der Waals surface area contributed by atoms with Gasteiger partial charge in [0, 0.05) is 18.4 Å². The predicted octanol–water partition coefficient (Wildman–Crippen LogP) is 0.511. The molecule has 3 aliphatic carbocycles. The van der Waals surface area contributed by atoms with Gasteiger partial charge < -0.3 is 19.5 Å². The van der Waals surface area contributed by atoms with Crippen LogP contribution in [0.15, 0.2) is 23.8 Å². The Balaban J connectivity index is 1.40. The van der Waals surface area contributed by atoms with Crippen molar-refractivity contribution in [3.63, 3.8) is 0 Å². The van der Waals surface area contributed by atoms with Crippen molar-refractivity contribution in [2.45, 2.75) is 38.4 Å². The summed E-state index contributed by atoms with van der Waals surface area (Å²) in [6, 6.07) is 0. The maximum absolute atomic E-state index is 12.9. The minimum absolute atomic E-state index is 0.0868. The molecule has 0 aromatic heterocycles. The summed E-state index contributed by atoms with van der Waals surface area (Å²) in [6.45, 7) is 5.70. The molecule has 1 amide bonds. The zero-order chi connectivity index (χ0) is 16.9. The lowest BCUT2D eigenvalue weighted by molar-refractivity contribution is -0.313. The average molecular weight is 328 g/mol. The molecule has 128 valence electrons. The van der Waals surface area contributed by atoms with Crippen molar-refractivity contribution >= 4 is 11.9 Å². The van der Waals surface area contributed by atoms with Gasteiger partial charge in [-0.3, -0.25) is 4.79 Å². The molecule has 0 radical (unpaired) electrons. The Hall–Kier alpha value is -1.62. The Morgan fingerprint density at radius 3 is 2.92 bits per heavy atom. The second-order valence-electron chi connectivity index (χ2n) is 8.73. The van der Waals surface area contributed by atoms with E-state index >= 15 is 0 Å². The molecule has 0 aromatic carbocycles. The van der Waals surface area contributed by atoms with Gasteiger partial charge in [0.25, 0.3) is 0 Å². The first-order chi connectivity index (χ1) is 11.3. The first-order valence-corrected chi connectivity index (χ1v) is 8.89. The van der Waals surface area contributed by atoms with Crippen molar-refractivity contribution in [2.24, 2.45) is 29.1 Å². The molecule has 0 N–H and O–H groups in total. The molecule has 4 bridgehead atoms. The number of carbonyl (C=O) groups is 2. The summed E-state index contributed by atoms with van der Waals surface area (Å²) in [6.07, 6.45) is 7.79. The van der Waals surface area contributed by atoms with Crippen molar-refractivity contribution in [1.82, 2.24) is 4.90 Å². The maximum atomic E-state index is 12.9. The molecule has 0 aromatic rings. The number of ether oxygens (including phenoxy) is 1. The topological polar surface area (TPSA) is 69.7 Å². The fourth-order valence-electron chi connectivity index (χ4n) is 5.86. The highest BCUT2D eigenvalue weighted by atomic mass is 16.5. The molecule has 5 nitrogen and oxygen atoms in total. The number of carbonyl (C=O) groups excluding carboxylic acids is 2. The van der Waals surface area contributed by atoms with E-state index in [-0.39, 0.29) is 5.91 Å². The summed E-state index contributed by atoms with van der Waals surface area (Å²) in [4.78, 5) is 26.3. The first kappa shape index (κ1) is 14.7. The van der Waals surface area contributed by atoms with E-state index in [1.807, 2.05) is 11.0 Å². The summed E-state index contributed by atoms with van der Waals surface area (Å²) >= 11 is 0. The maximum Gasteiger partial charge on any atom is 0.230 e. The molecule has 1 saturated carbocycles. The van der Waals surface area contributed by atoms with Crippen molar-refractivity contribution in [1.29, 1.82) is 0 Å². The summed E-state index contributed by atoms with van der Waals surface area (Å²) < 4.78 is 5.91. The molecule has 6 aliphatic rings. The summed E-state index contributed by atoms with van der Waals surface area (Å²) in [5, 5.41) is 11.5. The molecule has 3 aliphatic heterocycles. The highest BCUT2D eigenvalue weighted by Crippen LogP contribution is 2.59. The highest BCUT2D eigenvalue weighted by molar-refractivity contribution is 5.90. The first-order valence-electron chi connectivity index (χ1n) is 8.89. The number of amides is 1. The minimum atomic E-state index is -1.17. The van der Waals surface area contributed by atoms with E-state index in [0.29, 0.717) is 24.4 Å². The van der Waals surface area contributed by atoms with Gasteiger partial charge >= 0.3 is 0 Å². The van der Waals surface area contributed by atoms with Gasteiger partial charge in [0.1, 0.15) is 5.60 Å². The standard InChI is InChI=1S/C19H23NO4/c1-18(2)11-4-3-10(12(18)7-11)8-20-9-19-6-5-13(24-19)14(17(22)23)15(19)16(20)21/h3,5-6,11-15H,4,7-9H2,1-2H3,(H,22,23)/p-1/t11-,12-,13+,14+,15+,19+/m0/s1. The van der Waals surface area contributed by atoms with Crippen LogP contribution in [-0.4, -0.2) is 41.6 Å². The van der Waals surface area contributed by atoms with E-state index in [1.165, 1.54) is 12.0 Å². The van der Waals surface area contributed by atoms with Gasteiger partial charge in [0.05, 0.1) is 18.6 Å². The number of aliphatic carboxylic acids is 1. The lowest BCUT2D eigenvalue weighted by Gasteiger charge is -2.56. The van der Waals surface area contributed by atoms with Crippen LogP contribution in [0.2, 0.25) is 0 Å². The van der Waals surface area contributed by atoms with Crippen LogP contribution in [0.3, 0.4) is 0 Å². The lowest BCUT2D eigenvalue weighted by Crippen LogP contribution is -2.50. The Kier molecular flexibility index (Phi) is 2.64. The second kappa shape index (κ2) is 4.31. The van der Waals surface area contributed by atoms with Crippen molar-refractivity contribution < 1.29 is 19.4 Å². The fourth-order valence-corrected chi connectivity index (χ4v) is 5.86. The largest absolute Gasteiger partial charge is 0.550 e. The summed E-state index contributed by atoms with van der Waals surface area (Å²) in [5.41, 5.74) is 0.915. The molecule has 0 unspecified atom stereocenters. The van der Waals surface area contributed by atoms with Crippen LogP contribution < -0.4 is 5.11 Å². The normalized spacial score (nSPS) is 46.8. The number of rotatable bonds is 3. The van der Waals surface area contributed by atoms with Gasteiger partial charge in [-0.05, 0) is 30.1 Å². The third kappa shape index (κ3) is 1.59. The predicted molar refractivity (Wildman–Crippen MR) is 83.4 cm³/mol. The van der Waals surface area contributed by atoms with E-state index < -0.39 is 29.5 Å². The van der Waals surface area contributed by atoms with Gasteiger partial charge in [-0.25, -0.2) is 0 Å². The molecule has 6 rings (SSSR count). The quantitative estimate of drug-likeness (QED) is 0.708. The van der Waals surface area contributed by atoms with Crippen LogP contribution in [0.5, 0.6) is 0 Å². The Labute approximate surface area is 141 Å². The molecular weight excluding hydrogens is 306 g/mol. The number of fused-ring (bicyclic) bond motifs is 2. The van der Waals surface area contributed by atoms with Crippen LogP contribution >= 0.6 is 0 Å². The van der Waals surface area contributed by atoms with Crippen molar-refractivity contribution in [3.8, 4) is 0 Å². The van der Waals surface area contributed by atoms with Gasteiger partial charge in [0.15, 0.2) is 0 Å². The number of allylic oxidation sites excluding steroid dienone is 1. The molecule has 2 saturated heterocycles. The third-order valence-electron chi connectivity index (χ3n) is 7.41. The van der Waals surface area contributed by atoms with E-state index in [2.05, 4.69) is 19.9 Å². The zero-order valence-corrected chi connectivity index (χ0v) is 14.0. The smallest absolute Gasteiger partial charge is 0.230 e. The highest BCUT2D eigenvalue weighted by Gasteiger charge is 2.65. The average Bonchev–Trinajstić information content (AvgIpc) is 3.16. The molecule has 3 heterocycles. The van der Waals surface area contributed by atoms with E-state index in [9.17, 15) is 14.7 Å².